The Morgan fingerprint density at radius 3 is 2.46 bits per heavy atom. The van der Waals surface area contributed by atoms with Crippen LogP contribution in [0.5, 0.6) is 0 Å². The average molecular weight is 470 g/mol. The maximum absolute atomic E-state index is 4.77. The normalized spacial score (nSPS) is 20.3. The average Bonchev–Trinajstić information content (AvgIpc) is 3.47. The van der Waals surface area contributed by atoms with Crippen molar-refractivity contribution in [3.8, 4) is 0 Å². The molecule has 1 aromatic carbocycles. The van der Waals surface area contributed by atoms with Gasteiger partial charge in [-0.15, -0.1) is 24.0 Å². The highest BCUT2D eigenvalue weighted by Crippen LogP contribution is 2.32. The Hall–Kier alpha value is -0.820. The molecule has 1 aliphatic heterocycles. The number of guanidine groups is 1. The molecule has 1 unspecified atom stereocenters. The summed E-state index contributed by atoms with van der Waals surface area (Å²) in [6, 6.07) is 11.9. The second kappa shape index (κ2) is 11.1. The zero-order chi connectivity index (χ0) is 17.5. The smallest absolute Gasteiger partial charge is 0.191 e. The van der Waals surface area contributed by atoms with Gasteiger partial charge in [0.05, 0.1) is 0 Å². The molecule has 2 fully saturated rings. The Morgan fingerprint density at radius 2 is 1.85 bits per heavy atom. The van der Waals surface area contributed by atoms with Gasteiger partial charge in [-0.1, -0.05) is 43.2 Å². The van der Waals surface area contributed by atoms with Crippen molar-refractivity contribution in [2.45, 2.75) is 58.0 Å². The number of benzene rings is 1. The van der Waals surface area contributed by atoms with Crippen molar-refractivity contribution in [3.05, 3.63) is 35.9 Å². The van der Waals surface area contributed by atoms with Crippen LogP contribution >= 0.6 is 24.0 Å². The molecule has 0 aromatic heterocycles. The fraction of sp³-hybridized carbons (Fsp3) is 0.667. The van der Waals surface area contributed by atoms with Gasteiger partial charge in [0, 0.05) is 38.3 Å². The van der Waals surface area contributed by atoms with Gasteiger partial charge in [0.1, 0.15) is 0 Å². The summed E-state index contributed by atoms with van der Waals surface area (Å²) >= 11 is 0. The summed E-state index contributed by atoms with van der Waals surface area (Å²) in [7, 11) is 0. The van der Waals surface area contributed by atoms with E-state index >= 15 is 0 Å². The van der Waals surface area contributed by atoms with E-state index in [-0.39, 0.29) is 24.0 Å². The third-order valence-electron chi connectivity index (χ3n) is 5.55. The number of rotatable bonds is 7. The number of nitrogens with one attached hydrogen (secondary N) is 2. The predicted octanol–water partition coefficient (Wildman–Crippen LogP) is 4.19. The van der Waals surface area contributed by atoms with Crippen LogP contribution in [0.2, 0.25) is 0 Å². The molecule has 1 atom stereocenters. The Labute approximate surface area is 176 Å². The zero-order valence-electron chi connectivity index (χ0n) is 16.3. The minimum Gasteiger partial charge on any atom is -0.357 e. The quantitative estimate of drug-likeness (QED) is 0.357. The number of hydrogen-bond acceptors (Lipinski definition) is 2. The van der Waals surface area contributed by atoms with Crippen molar-refractivity contribution in [3.63, 3.8) is 0 Å². The number of likely N-dealkylation sites (tertiary alicyclic amines) is 1. The van der Waals surface area contributed by atoms with Crippen LogP contribution in [0.3, 0.4) is 0 Å². The van der Waals surface area contributed by atoms with Gasteiger partial charge in [0.2, 0.25) is 0 Å². The summed E-state index contributed by atoms with van der Waals surface area (Å²) < 4.78 is 0. The minimum atomic E-state index is 0. The van der Waals surface area contributed by atoms with E-state index in [2.05, 4.69) is 59.7 Å². The molecule has 146 valence electrons. The van der Waals surface area contributed by atoms with Crippen molar-refractivity contribution in [2.24, 2.45) is 10.9 Å². The standard InChI is InChI=1S/C21H34N4.HI/c1-3-22-21(23-14-11-18-9-10-18)24-20-12-15-25(16-13-20)17(2)19-7-5-4-6-8-19;/h4-8,17-18,20H,3,9-16H2,1-2H3,(H2,22,23,24);1H. The van der Waals surface area contributed by atoms with Gasteiger partial charge in [-0.2, -0.15) is 0 Å². The first-order valence-electron chi connectivity index (χ1n) is 10.1. The fourth-order valence-corrected chi connectivity index (χ4v) is 3.65. The van der Waals surface area contributed by atoms with Crippen LogP contribution in [-0.2, 0) is 0 Å². The van der Waals surface area contributed by atoms with E-state index in [1.807, 2.05) is 0 Å². The molecule has 4 nitrogen and oxygen atoms in total. The lowest BCUT2D eigenvalue weighted by molar-refractivity contribution is 0.158. The largest absolute Gasteiger partial charge is 0.357 e. The molecule has 1 heterocycles. The maximum Gasteiger partial charge on any atom is 0.191 e. The molecule has 0 amide bonds. The molecule has 0 spiro atoms. The molecule has 0 radical (unpaired) electrons. The van der Waals surface area contributed by atoms with Gasteiger partial charge in [-0.05, 0) is 44.6 Å². The van der Waals surface area contributed by atoms with E-state index < -0.39 is 0 Å². The van der Waals surface area contributed by atoms with Crippen LogP contribution < -0.4 is 10.6 Å². The molecular weight excluding hydrogens is 435 g/mol. The third kappa shape index (κ3) is 6.72. The Morgan fingerprint density at radius 1 is 1.15 bits per heavy atom. The number of hydrogen-bond donors (Lipinski definition) is 2. The van der Waals surface area contributed by atoms with Gasteiger partial charge in [0.15, 0.2) is 5.96 Å². The maximum atomic E-state index is 4.77. The minimum absolute atomic E-state index is 0. The summed E-state index contributed by atoms with van der Waals surface area (Å²) in [6.07, 6.45) is 6.45. The van der Waals surface area contributed by atoms with E-state index in [1.54, 1.807) is 0 Å². The van der Waals surface area contributed by atoms with Crippen LogP contribution in [0, 0.1) is 5.92 Å². The second-order valence-electron chi connectivity index (χ2n) is 7.53. The molecule has 2 N–H and O–H groups in total. The molecular formula is C21H35IN4. The van der Waals surface area contributed by atoms with Gasteiger partial charge in [-0.25, -0.2) is 0 Å². The van der Waals surface area contributed by atoms with E-state index in [0.717, 1.165) is 38.1 Å². The van der Waals surface area contributed by atoms with E-state index in [1.165, 1.54) is 37.7 Å². The summed E-state index contributed by atoms with van der Waals surface area (Å²) in [4.78, 5) is 7.37. The van der Waals surface area contributed by atoms with E-state index in [0.29, 0.717) is 12.1 Å². The highest BCUT2D eigenvalue weighted by atomic mass is 127. The molecule has 2 aliphatic rings. The predicted molar refractivity (Wildman–Crippen MR) is 121 cm³/mol. The molecule has 3 rings (SSSR count). The SMILES string of the molecule is CCNC(=NCCC1CC1)NC1CCN(C(C)c2ccccc2)CC1.I. The summed E-state index contributed by atoms with van der Waals surface area (Å²) in [5.74, 6) is 1.96. The molecule has 0 bridgehead atoms. The first-order valence-corrected chi connectivity index (χ1v) is 10.1. The van der Waals surface area contributed by atoms with E-state index in [9.17, 15) is 0 Å². The van der Waals surface area contributed by atoms with Crippen molar-refractivity contribution in [1.82, 2.24) is 15.5 Å². The third-order valence-corrected chi connectivity index (χ3v) is 5.55. The Bertz CT molecular complexity index is 536. The highest BCUT2D eigenvalue weighted by molar-refractivity contribution is 14.0. The van der Waals surface area contributed by atoms with E-state index in [4.69, 9.17) is 4.99 Å². The number of aliphatic imine (C=N–C) groups is 1. The molecule has 26 heavy (non-hydrogen) atoms. The number of piperidine rings is 1. The molecule has 1 aliphatic carbocycles. The molecule has 1 saturated heterocycles. The molecule has 1 aromatic rings. The van der Waals surface area contributed by atoms with Crippen molar-refractivity contribution in [1.29, 1.82) is 0 Å². The first kappa shape index (κ1) is 21.5. The summed E-state index contributed by atoms with van der Waals surface area (Å²) in [6.45, 7) is 8.65. The van der Waals surface area contributed by atoms with Crippen LogP contribution in [0.25, 0.3) is 0 Å². The first-order chi connectivity index (χ1) is 12.3. The lowest BCUT2D eigenvalue weighted by atomic mass is 10.0. The van der Waals surface area contributed by atoms with Gasteiger partial charge in [-0.3, -0.25) is 9.89 Å². The van der Waals surface area contributed by atoms with Crippen molar-refractivity contribution >= 4 is 29.9 Å². The lowest BCUT2D eigenvalue weighted by Gasteiger charge is -2.37. The Kier molecular flexibility index (Phi) is 9.19. The molecule has 1 saturated carbocycles. The van der Waals surface area contributed by atoms with Crippen LogP contribution in [0.1, 0.15) is 57.6 Å². The number of halogens is 1. The highest BCUT2D eigenvalue weighted by Gasteiger charge is 2.24. The van der Waals surface area contributed by atoms with Crippen LogP contribution in [-0.4, -0.2) is 43.1 Å². The van der Waals surface area contributed by atoms with Crippen molar-refractivity contribution in [2.75, 3.05) is 26.2 Å². The van der Waals surface area contributed by atoms with Crippen molar-refractivity contribution < 1.29 is 0 Å². The van der Waals surface area contributed by atoms with Gasteiger partial charge in [0.25, 0.3) is 0 Å². The summed E-state index contributed by atoms with van der Waals surface area (Å²) in [5, 5.41) is 7.07. The van der Waals surface area contributed by atoms with Gasteiger partial charge < -0.3 is 10.6 Å². The summed E-state index contributed by atoms with van der Waals surface area (Å²) in [5.41, 5.74) is 1.42. The topological polar surface area (TPSA) is 39.7 Å². The number of nitrogens with zero attached hydrogens (tertiary/aromatic N) is 2. The van der Waals surface area contributed by atoms with Gasteiger partial charge >= 0.3 is 0 Å². The van der Waals surface area contributed by atoms with Crippen LogP contribution in [0.4, 0.5) is 0 Å². The zero-order valence-corrected chi connectivity index (χ0v) is 18.6. The Balaban J connectivity index is 0.00000243. The lowest BCUT2D eigenvalue weighted by Crippen LogP contribution is -2.49. The fourth-order valence-electron chi connectivity index (χ4n) is 3.65. The van der Waals surface area contributed by atoms with Crippen LogP contribution in [0.15, 0.2) is 35.3 Å². The second-order valence-corrected chi connectivity index (χ2v) is 7.53. The molecule has 5 heteroatoms. The monoisotopic (exact) mass is 470 g/mol.